The predicted octanol–water partition coefficient (Wildman–Crippen LogP) is 12.0. The molecule has 0 spiro atoms. The van der Waals surface area contributed by atoms with E-state index >= 15 is 0 Å². The molecule has 220 valence electrons. The Morgan fingerprint density at radius 3 is 1.66 bits per heavy atom. The van der Waals surface area contributed by atoms with Crippen molar-refractivity contribution in [3.05, 3.63) is 142 Å². The second-order valence-electron chi connectivity index (χ2n) is 12.1. The lowest BCUT2D eigenvalue weighted by molar-refractivity contribution is -0.116. The largest absolute Gasteiger partial charge is 0.295 e. The summed E-state index contributed by atoms with van der Waals surface area (Å²) in [5.41, 5.74) is 9.67. The van der Waals surface area contributed by atoms with E-state index in [9.17, 15) is 4.79 Å². The van der Waals surface area contributed by atoms with Gasteiger partial charge in [0.25, 0.3) is 0 Å². The zero-order valence-electron chi connectivity index (χ0n) is 27.5. The van der Waals surface area contributed by atoms with Crippen LogP contribution in [0.1, 0.15) is 94.9 Å². The van der Waals surface area contributed by atoms with E-state index < -0.39 is 0 Å². The fourth-order valence-corrected chi connectivity index (χ4v) is 4.35. The van der Waals surface area contributed by atoms with Crippen molar-refractivity contribution < 1.29 is 4.79 Å². The second kappa shape index (κ2) is 18.8. The lowest BCUT2D eigenvalue weighted by Gasteiger charge is -2.32. The molecular formula is C40H54O. The summed E-state index contributed by atoms with van der Waals surface area (Å²) in [6, 6.07) is 0. The lowest BCUT2D eigenvalue weighted by Crippen LogP contribution is -2.24. The Balaban J connectivity index is 2.62. The van der Waals surface area contributed by atoms with E-state index in [0.717, 1.165) is 36.0 Å². The summed E-state index contributed by atoms with van der Waals surface area (Å²) in [5.74, 6) is 0.278. The number of hydrogen-bond donors (Lipinski definition) is 0. The molecule has 0 saturated carbocycles. The quantitative estimate of drug-likeness (QED) is 0.165. The Morgan fingerprint density at radius 2 is 1.15 bits per heavy atom. The Bertz CT molecular complexity index is 1260. The van der Waals surface area contributed by atoms with Crippen molar-refractivity contribution in [2.75, 3.05) is 0 Å². The normalized spacial score (nSPS) is 18.4. The van der Waals surface area contributed by atoms with E-state index in [2.05, 4.69) is 160 Å². The standard InChI is InChI=1S/C40H54O/c1-31(2)17-13-20-34(5)23-15-25-35(6)24-14-21-32(3)18-11-12-19-33(4)22-16-26-36(7)27-28-38-37(8)39(41)29-30-40(38,9)10/h11-12,14-19,21-28H,13,20,29-30H2,1-10H3. The van der Waals surface area contributed by atoms with Gasteiger partial charge < -0.3 is 0 Å². The van der Waals surface area contributed by atoms with E-state index in [0.29, 0.717) is 6.42 Å². The van der Waals surface area contributed by atoms with Gasteiger partial charge in [0, 0.05) is 6.42 Å². The molecule has 0 aliphatic heterocycles. The van der Waals surface area contributed by atoms with Crippen molar-refractivity contribution in [2.45, 2.75) is 94.9 Å². The zero-order valence-corrected chi connectivity index (χ0v) is 27.5. The highest BCUT2D eigenvalue weighted by Gasteiger charge is 2.30. The minimum Gasteiger partial charge on any atom is -0.295 e. The van der Waals surface area contributed by atoms with Gasteiger partial charge in [-0.1, -0.05) is 145 Å². The van der Waals surface area contributed by atoms with Crippen molar-refractivity contribution in [1.29, 1.82) is 0 Å². The molecule has 0 aromatic carbocycles. The van der Waals surface area contributed by atoms with Gasteiger partial charge in [0.1, 0.15) is 0 Å². The number of ketones is 1. The van der Waals surface area contributed by atoms with Crippen LogP contribution < -0.4 is 0 Å². The molecule has 0 aromatic heterocycles. The summed E-state index contributed by atoms with van der Waals surface area (Å²) >= 11 is 0. The molecule has 0 heterocycles. The first kappa shape index (κ1) is 35.6. The molecule has 1 nitrogen and oxygen atoms in total. The maximum absolute atomic E-state index is 12.1. The van der Waals surface area contributed by atoms with Crippen molar-refractivity contribution in [1.82, 2.24) is 0 Å². The number of Topliss-reactive ketones (excluding diaryl/α,β-unsaturated/α-hetero) is 1. The zero-order chi connectivity index (χ0) is 30.8. The number of carbonyl (C=O) groups is 1. The SMILES string of the molecule is CC(C)=CCCC(C)=CC=CC(C)=CC=CC(C)=CC=CC=C(C)C=CC=C(C)C=CC1=C(C)C(=O)CCC1(C)C. The molecule has 0 unspecified atom stereocenters. The van der Waals surface area contributed by atoms with Gasteiger partial charge in [-0.05, 0) is 91.2 Å². The Morgan fingerprint density at radius 1 is 0.683 bits per heavy atom. The van der Waals surface area contributed by atoms with Gasteiger partial charge in [-0.2, -0.15) is 0 Å². The molecule has 0 radical (unpaired) electrons. The van der Waals surface area contributed by atoms with E-state index in [1.54, 1.807) is 0 Å². The predicted molar refractivity (Wildman–Crippen MR) is 184 cm³/mol. The van der Waals surface area contributed by atoms with Crippen LogP contribution in [0.4, 0.5) is 0 Å². The lowest BCUT2D eigenvalue weighted by atomic mass is 9.72. The summed E-state index contributed by atoms with van der Waals surface area (Å²) in [6.07, 6.45) is 37.8. The summed E-state index contributed by atoms with van der Waals surface area (Å²) in [5, 5.41) is 0. The van der Waals surface area contributed by atoms with Crippen molar-refractivity contribution in [2.24, 2.45) is 5.41 Å². The van der Waals surface area contributed by atoms with Crippen LogP contribution in [0.2, 0.25) is 0 Å². The highest BCUT2D eigenvalue weighted by atomic mass is 16.1. The highest BCUT2D eigenvalue weighted by molar-refractivity contribution is 5.97. The Kier molecular flexibility index (Phi) is 16.3. The van der Waals surface area contributed by atoms with Crippen LogP contribution in [0.3, 0.4) is 0 Å². The van der Waals surface area contributed by atoms with Crippen LogP contribution in [-0.4, -0.2) is 5.78 Å². The summed E-state index contributed by atoms with van der Waals surface area (Å²) in [7, 11) is 0. The molecule has 0 atom stereocenters. The molecule has 1 heteroatoms. The van der Waals surface area contributed by atoms with Crippen molar-refractivity contribution >= 4 is 5.78 Å². The first-order valence-corrected chi connectivity index (χ1v) is 14.9. The van der Waals surface area contributed by atoms with Crippen LogP contribution in [0.15, 0.2) is 142 Å². The molecule has 41 heavy (non-hydrogen) atoms. The number of carbonyl (C=O) groups excluding carboxylic acids is 1. The number of rotatable bonds is 13. The molecule has 1 rings (SSSR count). The third kappa shape index (κ3) is 15.8. The van der Waals surface area contributed by atoms with E-state index in [4.69, 9.17) is 0 Å². The van der Waals surface area contributed by atoms with Gasteiger partial charge in [-0.25, -0.2) is 0 Å². The highest BCUT2D eigenvalue weighted by Crippen LogP contribution is 2.39. The van der Waals surface area contributed by atoms with Gasteiger partial charge in [0.05, 0.1) is 0 Å². The fraction of sp³-hybridized carbons (Fsp3) is 0.375. The molecule has 0 amide bonds. The van der Waals surface area contributed by atoms with E-state index in [1.807, 2.05) is 6.92 Å². The molecular weight excluding hydrogens is 496 g/mol. The first-order valence-electron chi connectivity index (χ1n) is 14.9. The molecule has 1 aliphatic rings. The molecule has 0 saturated heterocycles. The van der Waals surface area contributed by atoms with Crippen molar-refractivity contribution in [3.8, 4) is 0 Å². The van der Waals surface area contributed by atoms with E-state index in [-0.39, 0.29) is 11.2 Å². The molecule has 0 N–H and O–H groups in total. The average Bonchev–Trinajstić information content (AvgIpc) is 2.88. The van der Waals surface area contributed by atoms with Crippen LogP contribution in [0.25, 0.3) is 0 Å². The van der Waals surface area contributed by atoms with Gasteiger partial charge >= 0.3 is 0 Å². The number of hydrogen-bond acceptors (Lipinski definition) is 1. The molecule has 0 aromatic rings. The maximum atomic E-state index is 12.1. The van der Waals surface area contributed by atoms with Crippen molar-refractivity contribution in [3.63, 3.8) is 0 Å². The minimum absolute atomic E-state index is 0.0494. The van der Waals surface area contributed by atoms with Gasteiger partial charge in [0.2, 0.25) is 0 Å². The third-order valence-corrected chi connectivity index (χ3v) is 7.14. The molecule has 0 bridgehead atoms. The maximum Gasteiger partial charge on any atom is 0.158 e. The smallest absolute Gasteiger partial charge is 0.158 e. The fourth-order valence-electron chi connectivity index (χ4n) is 4.35. The van der Waals surface area contributed by atoms with Crippen LogP contribution in [-0.2, 0) is 4.79 Å². The Hall–Kier alpha value is -3.45. The Labute approximate surface area is 252 Å². The van der Waals surface area contributed by atoms with E-state index in [1.165, 1.54) is 27.9 Å². The van der Waals surface area contributed by atoms with Gasteiger partial charge in [-0.15, -0.1) is 0 Å². The minimum atomic E-state index is 0.0494. The number of allylic oxidation sites excluding steroid dienone is 24. The van der Waals surface area contributed by atoms with Crippen LogP contribution in [0, 0.1) is 5.41 Å². The monoisotopic (exact) mass is 550 g/mol. The summed E-state index contributed by atoms with van der Waals surface area (Å²) in [4.78, 5) is 12.1. The summed E-state index contributed by atoms with van der Waals surface area (Å²) < 4.78 is 0. The summed E-state index contributed by atoms with van der Waals surface area (Å²) in [6.45, 7) is 21.3. The van der Waals surface area contributed by atoms with Crippen LogP contribution >= 0.6 is 0 Å². The average molecular weight is 551 g/mol. The third-order valence-electron chi connectivity index (χ3n) is 7.14. The van der Waals surface area contributed by atoms with Crippen LogP contribution in [0.5, 0.6) is 0 Å². The second-order valence-corrected chi connectivity index (χ2v) is 12.1. The van der Waals surface area contributed by atoms with Gasteiger partial charge in [-0.3, -0.25) is 4.79 Å². The van der Waals surface area contributed by atoms with Gasteiger partial charge in [0.15, 0.2) is 5.78 Å². The molecule has 0 fully saturated rings. The first-order chi connectivity index (χ1) is 19.3. The molecule has 1 aliphatic carbocycles. The topological polar surface area (TPSA) is 17.1 Å².